The molecule has 0 amide bonds. The van der Waals surface area contributed by atoms with E-state index in [1.54, 1.807) is 6.92 Å². The van der Waals surface area contributed by atoms with Gasteiger partial charge in [-0.15, -0.1) is 0 Å². The van der Waals surface area contributed by atoms with E-state index in [0.717, 1.165) is 19.3 Å². The molecular weight excluding hydrogens is 220 g/mol. The molecule has 0 spiro atoms. The van der Waals surface area contributed by atoms with Crippen molar-refractivity contribution in [2.75, 3.05) is 13.7 Å². The quantitative estimate of drug-likeness (QED) is 0.694. The zero-order chi connectivity index (χ0) is 12.9. The van der Waals surface area contributed by atoms with Crippen LogP contribution >= 0.6 is 0 Å². The van der Waals surface area contributed by atoms with Crippen LogP contribution in [0.2, 0.25) is 0 Å². The Bertz CT molecular complexity index is 287. The zero-order valence-corrected chi connectivity index (χ0v) is 11.0. The minimum atomic E-state index is -0.237. The Morgan fingerprint density at radius 2 is 1.94 bits per heavy atom. The zero-order valence-electron chi connectivity index (χ0n) is 11.0. The maximum atomic E-state index is 11.6. The fraction of sp³-hybridized carbons (Fsp3) is 0.846. The predicted octanol–water partition coefficient (Wildman–Crippen LogP) is 2.31. The highest BCUT2D eigenvalue weighted by Gasteiger charge is 2.41. The molecule has 0 unspecified atom stereocenters. The summed E-state index contributed by atoms with van der Waals surface area (Å²) in [6.07, 6.45) is 3.53. The summed E-state index contributed by atoms with van der Waals surface area (Å²) in [7, 11) is 1.39. The van der Waals surface area contributed by atoms with E-state index < -0.39 is 0 Å². The van der Waals surface area contributed by atoms with E-state index in [9.17, 15) is 9.59 Å². The molecule has 2 atom stereocenters. The Hall–Kier alpha value is -1.06. The third-order valence-electron chi connectivity index (χ3n) is 3.52. The maximum absolute atomic E-state index is 11.6. The van der Waals surface area contributed by atoms with Gasteiger partial charge in [-0.1, -0.05) is 13.3 Å². The standard InChI is InChI=1S/C13H22O4/c1-4-17-12(15)9-13(8-11(14)16-3)6-5-10(2)7-13/h10H,4-9H2,1-3H3/t10-,13+/m1/s1. The van der Waals surface area contributed by atoms with Crippen LogP contribution in [0.25, 0.3) is 0 Å². The third kappa shape index (κ3) is 4.02. The SMILES string of the molecule is CCOC(=O)C[C@@]1(CC(=O)OC)CC[C@@H](C)C1. The molecule has 4 heteroatoms. The van der Waals surface area contributed by atoms with Gasteiger partial charge in [0.2, 0.25) is 0 Å². The summed E-state index contributed by atoms with van der Waals surface area (Å²) in [5, 5.41) is 0. The van der Waals surface area contributed by atoms with Crippen LogP contribution in [-0.4, -0.2) is 25.7 Å². The second-order valence-electron chi connectivity index (χ2n) is 5.08. The van der Waals surface area contributed by atoms with Crippen LogP contribution in [0, 0.1) is 11.3 Å². The average Bonchev–Trinajstić information content (AvgIpc) is 2.60. The topological polar surface area (TPSA) is 52.6 Å². The Morgan fingerprint density at radius 3 is 2.41 bits per heavy atom. The van der Waals surface area contributed by atoms with Crippen LogP contribution < -0.4 is 0 Å². The smallest absolute Gasteiger partial charge is 0.306 e. The Kier molecular flexibility index (Phi) is 4.97. The first kappa shape index (κ1) is 14.0. The fourth-order valence-corrected chi connectivity index (χ4v) is 2.78. The van der Waals surface area contributed by atoms with Gasteiger partial charge >= 0.3 is 11.9 Å². The van der Waals surface area contributed by atoms with Gasteiger partial charge in [-0.2, -0.15) is 0 Å². The molecule has 0 aromatic heterocycles. The van der Waals surface area contributed by atoms with Gasteiger partial charge in [0.1, 0.15) is 0 Å². The van der Waals surface area contributed by atoms with Crippen LogP contribution in [0.5, 0.6) is 0 Å². The number of rotatable bonds is 5. The van der Waals surface area contributed by atoms with Crippen LogP contribution in [-0.2, 0) is 19.1 Å². The second-order valence-corrected chi connectivity index (χ2v) is 5.08. The van der Waals surface area contributed by atoms with Gasteiger partial charge in [0.25, 0.3) is 0 Å². The summed E-state index contributed by atoms with van der Waals surface area (Å²) >= 11 is 0. The van der Waals surface area contributed by atoms with E-state index in [1.165, 1.54) is 7.11 Å². The number of ether oxygens (including phenoxy) is 2. The summed E-state index contributed by atoms with van der Waals surface area (Å²) in [6.45, 7) is 4.34. The van der Waals surface area contributed by atoms with E-state index in [4.69, 9.17) is 9.47 Å². The van der Waals surface area contributed by atoms with Gasteiger partial charge in [-0.25, -0.2) is 0 Å². The summed E-state index contributed by atoms with van der Waals surface area (Å²) in [5.74, 6) is 0.128. The number of carbonyl (C=O) groups excluding carboxylic acids is 2. The molecular formula is C13H22O4. The second kappa shape index (κ2) is 6.03. The lowest BCUT2D eigenvalue weighted by atomic mass is 9.79. The first-order valence-electron chi connectivity index (χ1n) is 6.24. The number of hydrogen-bond donors (Lipinski definition) is 0. The van der Waals surface area contributed by atoms with Gasteiger partial charge in [-0.3, -0.25) is 9.59 Å². The van der Waals surface area contributed by atoms with Crippen LogP contribution in [0.15, 0.2) is 0 Å². The van der Waals surface area contributed by atoms with E-state index in [2.05, 4.69) is 6.92 Å². The van der Waals surface area contributed by atoms with Crippen molar-refractivity contribution in [3.05, 3.63) is 0 Å². The van der Waals surface area contributed by atoms with E-state index >= 15 is 0 Å². The predicted molar refractivity (Wildman–Crippen MR) is 63.3 cm³/mol. The van der Waals surface area contributed by atoms with Crippen LogP contribution in [0.1, 0.15) is 46.0 Å². The van der Waals surface area contributed by atoms with Crippen molar-refractivity contribution in [2.24, 2.45) is 11.3 Å². The van der Waals surface area contributed by atoms with Crippen molar-refractivity contribution >= 4 is 11.9 Å². The van der Waals surface area contributed by atoms with Crippen molar-refractivity contribution in [3.8, 4) is 0 Å². The average molecular weight is 242 g/mol. The monoisotopic (exact) mass is 242 g/mol. The van der Waals surface area contributed by atoms with Crippen molar-refractivity contribution in [1.29, 1.82) is 0 Å². The molecule has 0 radical (unpaired) electrons. The first-order chi connectivity index (χ1) is 8.01. The van der Waals surface area contributed by atoms with Crippen molar-refractivity contribution in [3.63, 3.8) is 0 Å². The molecule has 0 heterocycles. The molecule has 1 aliphatic carbocycles. The molecule has 0 aromatic carbocycles. The Morgan fingerprint density at radius 1 is 1.29 bits per heavy atom. The molecule has 0 saturated heterocycles. The van der Waals surface area contributed by atoms with Crippen molar-refractivity contribution in [2.45, 2.75) is 46.0 Å². The lowest BCUT2D eigenvalue weighted by Crippen LogP contribution is -2.26. The van der Waals surface area contributed by atoms with Gasteiger partial charge in [0, 0.05) is 0 Å². The molecule has 0 aliphatic heterocycles. The first-order valence-corrected chi connectivity index (χ1v) is 6.24. The molecule has 1 rings (SSSR count). The number of hydrogen-bond acceptors (Lipinski definition) is 4. The highest BCUT2D eigenvalue weighted by atomic mass is 16.5. The molecule has 4 nitrogen and oxygen atoms in total. The Labute approximate surface area is 103 Å². The van der Waals surface area contributed by atoms with Crippen LogP contribution in [0.3, 0.4) is 0 Å². The lowest BCUT2D eigenvalue weighted by molar-refractivity contribution is -0.149. The summed E-state index contributed by atoms with van der Waals surface area (Å²) in [6, 6.07) is 0. The van der Waals surface area contributed by atoms with Crippen molar-refractivity contribution in [1.82, 2.24) is 0 Å². The Balaban J connectivity index is 2.66. The summed E-state index contributed by atoms with van der Waals surface area (Å²) in [5.41, 5.74) is -0.237. The molecule has 17 heavy (non-hydrogen) atoms. The molecule has 0 bridgehead atoms. The number of esters is 2. The number of methoxy groups -OCH3 is 1. The highest BCUT2D eigenvalue weighted by molar-refractivity contribution is 5.74. The van der Waals surface area contributed by atoms with Gasteiger partial charge in [-0.05, 0) is 31.1 Å². The minimum absolute atomic E-state index is 0.203. The molecule has 98 valence electrons. The third-order valence-corrected chi connectivity index (χ3v) is 3.52. The molecule has 0 N–H and O–H groups in total. The normalized spacial score (nSPS) is 27.8. The van der Waals surface area contributed by atoms with Gasteiger partial charge < -0.3 is 9.47 Å². The molecule has 1 aliphatic rings. The summed E-state index contributed by atoms with van der Waals surface area (Å²) < 4.78 is 9.71. The van der Waals surface area contributed by atoms with Gasteiger partial charge in [0.15, 0.2) is 0 Å². The van der Waals surface area contributed by atoms with Crippen LogP contribution in [0.4, 0.5) is 0 Å². The fourth-order valence-electron chi connectivity index (χ4n) is 2.78. The van der Waals surface area contributed by atoms with E-state index in [1.807, 2.05) is 0 Å². The van der Waals surface area contributed by atoms with E-state index in [-0.39, 0.29) is 17.4 Å². The minimum Gasteiger partial charge on any atom is -0.469 e. The highest BCUT2D eigenvalue weighted by Crippen LogP contribution is 2.47. The summed E-state index contributed by atoms with van der Waals surface area (Å²) in [4.78, 5) is 23.1. The number of carbonyl (C=O) groups is 2. The lowest BCUT2D eigenvalue weighted by Gasteiger charge is -2.26. The molecule has 1 saturated carbocycles. The molecule has 0 aromatic rings. The largest absolute Gasteiger partial charge is 0.469 e. The van der Waals surface area contributed by atoms with Crippen molar-refractivity contribution < 1.29 is 19.1 Å². The maximum Gasteiger partial charge on any atom is 0.306 e. The molecule has 1 fully saturated rings. The van der Waals surface area contributed by atoms with Gasteiger partial charge in [0.05, 0.1) is 26.6 Å². The van der Waals surface area contributed by atoms with E-state index in [0.29, 0.717) is 25.4 Å².